The second-order valence-electron chi connectivity index (χ2n) is 2.71. The van der Waals surface area contributed by atoms with Gasteiger partial charge in [0.15, 0.2) is 0 Å². The van der Waals surface area contributed by atoms with Gasteiger partial charge in [-0.1, -0.05) is 18.3 Å². The van der Waals surface area contributed by atoms with E-state index < -0.39 is 17.9 Å². The van der Waals surface area contributed by atoms with E-state index in [0.717, 1.165) is 0 Å². The maximum Gasteiger partial charge on any atom is 0.248 e. The number of hydrogen-bond donors (Lipinski definition) is 4. The van der Waals surface area contributed by atoms with Crippen molar-refractivity contribution < 1.29 is 9.59 Å². The van der Waals surface area contributed by atoms with E-state index in [2.05, 4.69) is 5.32 Å². The number of amides is 2. The summed E-state index contributed by atoms with van der Waals surface area (Å²) in [6.45, 7) is 0.453. The molecule has 1 unspecified atom stereocenters. The minimum absolute atomic E-state index is 0.0927. The van der Waals surface area contributed by atoms with Crippen LogP contribution in [0.2, 0.25) is 0 Å². The lowest BCUT2D eigenvalue weighted by atomic mass is 10.3. The minimum Gasteiger partial charge on any atom is -0.368 e. The molecular weight excluding hydrogens is 216 g/mol. The van der Waals surface area contributed by atoms with Crippen LogP contribution in [0.25, 0.3) is 0 Å². The minimum atomic E-state index is -1.15. The third-order valence-corrected chi connectivity index (χ3v) is 1.79. The molecule has 1 atom stereocenters. The number of thiocarbonyl (C=S) groups is 1. The molecule has 0 radical (unpaired) electrons. The molecule has 0 aromatic rings. The molecule has 0 aliphatic carbocycles. The molecule has 0 bridgehead atoms. The van der Waals surface area contributed by atoms with Gasteiger partial charge in [0.2, 0.25) is 11.8 Å². The number of primary amides is 1. The lowest BCUT2D eigenvalue weighted by Crippen LogP contribution is -2.49. The summed E-state index contributed by atoms with van der Waals surface area (Å²) in [6, 6.07) is -1.15. The van der Waals surface area contributed by atoms with E-state index in [4.69, 9.17) is 29.4 Å². The molecule has 7 heteroatoms. The molecule has 0 aromatic heterocycles. The highest BCUT2D eigenvalue weighted by molar-refractivity contribution is 7.80. The van der Waals surface area contributed by atoms with Gasteiger partial charge in [-0.2, -0.15) is 0 Å². The molecule has 84 valence electrons. The Hall–Kier alpha value is -1.31. The first kappa shape index (κ1) is 13.7. The first-order valence-corrected chi connectivity index (χ1v) is 4.66. The molecule has 0 saturated carbocycles. The number of nitrogens with two attached hydrogens (primary N) is 3. The molecule has 0 rings (SSSR count). The van der Waals surface area contributed by atoms with Crippen molar-refractivity contribution in [2.45, 2.75) is 12.5 Å². The van der Waals surface area contributed by atoms with E-state index in [1.807, 2.05) is 0 Å². The molecule has 15 heavy (non-hydrogen) atoms. The number of carbonyl (C=O) groups excluding carboxylic acids is 2. The van der Waals surface area contributed by atoms with Crippen molar-refractivity contribution in [3.8, 4) is 0 Å². The molecule has 7 N–H and O–H groups in total. The van der Waals surface area contributed by atoms with Gasteiger partial charge in [-0.25, -0.2) is 0 Å². The average molecular weight is 230 g/mol. The highest BCUT2D eigenvalue weighted by Crippen LogP contribution is 1.84. The van der Waals surface area contributed by atoms with Crippen molar-refractivity contribution in [3.05, 3.63) is 12.2 Å². The zero-order chi connectivity index (χ0) is 11.8. The third kappa shape index (κ3) is 5.89. The van der Waals surface area contributed by atoms with Crippen molar-refractivity contribution in [2.24, 2.45) is 17.2 Å². The molecule has 0 spiro atoms. The largest absolute Gasteiger partial charge is 0.368 e. The monoisotopic (exact) mass is 230 g/mol. The molecule has 0 aliphatic rings. The van der Waals surface area contributed by atoms with Crippen molar-refractivity contribution >= 4 is 29.0 Å². The Morgan fingerprint density at radius 3 is 2.53 bits per heavy atom. The van der Waals surface area contributed by atoms with Gasteiger partial charge in [0.25, 0.3) is 0 Å². The molecule has 6 nitrogen and oxygen atoms in total. The van der Waals surface area contributed by atoms with Crippen molar-refractivity contribution in [3.63, 3.8) is 0 Å². The Balaban J connectivity index is 4.07. The Morgan fingerprint density at radius 1 is 1.47 bits per heavy atom. The van der Waals surface area contributed by atoms with Crippen LogP contribution in [0, 0.1) is 0 Å². The van der Waals surface area contributed by atoms with Gasteiger partial charge in [-0.3, -0.25) is 9.59 Å². The van der Waals surface area contributed by atoms with E-state index in [9.17, 15) is 9.59 Å². The summed E-state index contributed by atoms with van der Waals surface area (Å²) in [4.78, 5) is 21.6. The van der Waals surface area contributed by atoms with Crippen LogP contribution in [0.3, 0.4) is 0 Å². The van der Waals surface area contributed by atoms with Crippen LogP contribution >= 0.6 is 12.2 Å². The Bertz CT molecular complexity index is 290. The summed E-state index contributed by atoms with van der Waals surface area (Å²) in [7, 11) is 0. The van der Waals surface area contributed by atoms with E-state index >= 15 is 0 Å². The molecule has 0 fully saturated rings. The SMILES string of the molecule is NCCC=CC(=O)NC(=S)C(N)C(N)=O. The van der Waals surface area contributed by atoms with Crippen molar-refractivity contribution in [1.82, 2.24) is 5.32 Å². The van der Waals surface area contributed by atoms with E-state index in [1.165, 1.54) is 6.08 Å². The van der Waals surface area contributed by atoms with Crippen LogP contribution in [0.5, 0.6) is 0 Å². The molecule has 0 aromatic carbocycles. The quantitative estimate of drug-likeness (QED) is 0.326. The van der Waals surface area contributed by atoms with E-state index in [-0.39, 0.29) is 4.99 Å². The fourth-order valence-corrected chi connectivity index (χ4v) is 0.873. The maximum atomic E-state index is 11.1. The normalized spacial score (nSPS) is 12.4. The zero-order valence-corrected chi connectivity index (χ0v) is 8.92. The Labute approximate surface area is 92.9 Å². The first-order chi connectivity index (χ1) is 6.99. The number of hydrogen-bond acceptors (Lipinski definition) is 5. The molecule has 0 heterocycles. The van der Waals surface area contributed by atoms with Gasteiger partial charge >= 0.3 is 0 Å². The van der Waals surface area contributed by atoms with Crippen LogP contribution < -0.4 is 22.5 Å². The van der Waals surface area contributed by atoms with E-state index in [0.29, 0.717) is 13.0 Å². The van der Waals surface area contributed by atoms with Gasteiger partial charge < -0.3 is 22.5 Å². The number of rotatable bonds is 5. The summed E-state index contributed by atoms with van der Waals surface area (Å²) < 4.78 is 0. The number of carbonyl (C=O) groups is 2. The van der Waals surface area contributed by atoms with Gasteiger partial charge in [0.05, 0.1) is 0 Å². The summed E-state index contributed by atoms with van der Waals surface area (Å²) in [5.74, 6) is -1.24. The molecule has 2 amide bonds. The summed E-state index contributed by atoms with van der Waals surface area (Å²) >= 11 is 4.69. The lowest BCUT2D eigenvalue weighted by Gasteiger charge is -2.08. The fourth-order valence-electron chi connectivity index (χ4n) is 0.657. The summed E-state index contributed by atoms with van der Waals surface area (Å²) in [5, 5.41) is 2.26. The second kappa shape index (κ2) is 7.04. The van der Waals surface area contributed by atoms with Crippen molar-refractivity contribution in [2.75, 3.05) is 6.54 Å². The predicted molar refractivity (Wildman–Crippen MR) is 60.7 cm³/mol. The van der Waals surface area contributed by atoms with Gasteiger partial charge in [-0.15, -0.1) is 0 Å². The fraction of sp³-hybridized carbons (Fsp3) is 0.375. The zero-order valence-electron chi connectivity index (χ0n) is 8.10. The Morgan fingerprint density at radius 2 is 2.07 bits per heavy atom. The first-order valence-electron chi connectivity index (χ1n) is 4.25. The van der Waals surface area contributed by atoms with E-state index in [1.54, 1.807) is 6.08 Å². The smallest absolute Gasteiger partial charge is 0.248 e. The van der Waals surface area contributed by atoms with Crippen LogP contribution in [-0.4, -0.2) is 29.4 Å². The van der Waals surface area contributed by atoms with Gasteiger partial charge in [0.1, 0.15) is 11.0 Å². The Kier molecular flexibility index (Phi) is 6.43. The number of nitrogens with one attached hydrogen (secondary N) is 1. The topological polar surface area (TPSA) is 124 Å². The molecule has 0 aliphatic heterocycles. The van der Waals surface area contributed by atoms with Crippen LogP contribution in [0.15, 0.2) is 12.2 Å². The predicted octanol–water partition coefficient (Wildman–Crippen LogP) is -1.85. The highest BCUT2D eigenvalue weighted by Gasteiger charge is 2.16. The van der Waals surface area contributed by atoms with Crippen molar-refractivity contribution in [1.29, 1.82) is 0 Å². The molecule has 0 saturated heterocycles. The van der Waals surface area contributed by atoms with Crippen LogP contribution in [0.4, 0.5) is 0 Å². The average Bonchev–Trinajstić information content (AvgIpc) is 2.16. The van der Waals surface area contributed by atoms with Gasteiger partial charge in [-0.05, 0) is 19.0 Å². The second-order valence-corrected chi connectivity index (χ2v) is 3.15. The van der Waals surface area contributed by atoms with Gasteiger partial charge in [0, 0.05) is 0 Å². The maximum absolute atomic E-state index is 11.1. The summed E-state index contributed by atoms with van der Waals surface area (Å²) in [5.41, 5.74) is 15.4. The highest BCUT2D eigenvalue weighted by atomic mass is 32.1. The third-order valence-electron chi connectivity index (χ3n) is 1.44. The standard InChI is InChI=1S/C8H14N4O2S/c9-4-2-1-3-5(13)12-8(15)6(10)7(11)14/h1,3,6H,2,4,9-10H2,(H2,11,14)(H,12,13,15). The lowest BCUT2D eigenvalue weighted by molar-refractivity contribution is -0.117. The van der Waals surface area contributed by atoms with Crippen LogP contribution in [-0.2, 0) is 9.59 Å². The molecular formula is C8H14N4O2S. The van der Waals surface area contributed by atoms with Crippen LogP contribution in [0.1, 0.15) is 6.42 Å². The summed E-state index contributed by atoms with van der Waals surface area (Å²) in [6.07, 6.45) is 3.45.